The lowest BCUT2D eigenvalue weighted by atomic mass is 10.1. The lowest BCUT2D eigenvalue weighted by Crippen LogP contribution is -2.24. The third-order valence-corrected chi connectivity index (χ3v) is 3.14. The van der Waals surface area contributed by atoms with Crippen molar-refractivity contribution in [3.8, 4) is 0 Å². The SMILES string of the molecule is O=C(O)c1cnc2c(c1)CN(Cc1ccccc1)C=N2. The quantitative estimate of drug-likeness (QED) is 0.927. The molecule has 0 saturated heterocycles. The van der Waals surface area contributed by atoms with Gasteiger partial charge in [0.15, 0.2) is 5.82 Å². The molecule has 1 aliphatic heterocycles. The highest BCUT2D eigenvalue weighted by Crippen LogP contribution is 2.23. The predicted octanol–water partition coefficient (Wildman–Crippen LogP) is 2.46. The number of carbonyl (C=O) groups is 1. The van der Waals surface area contributed by atoms with Crippen molar-refractivity contribution < 1.29 is 9.90 Å². The van der Waals surface area contributed by atoms with Crippen LogP contribution in [0.3, 0.4) is 0 Å². The number of carboxylic acid groups (broad SMARTS) is 1. The Morgan fingerprint density at radius 1 is 1.30 bits per heavy atom. The zero-order valence-corrected chi connectivity index (χ0v) is 10.7. The van der Waals surface area contributed by atoms with Gasteiger partial charge in [-0.3, -0.25) is 0 Å². The molecule has 0 bridgehead atoms. The van der Waals surface area contributed by atoms with Crippen molar-refractivity contribution in [3.05, 3.63) is 59.3 Å². The van der Waals surface area contributed by atoms with E-state index < -0.39 is 5.97 Å². The van der Waals surface area contributed by atoms with Crippen molar-refractivity contribution in [2.75, 3.05) is 0 Å². The highest BCUT2D eigenvalue weighted by molar-refractivity contribution is 5.88. The summed E-state index contributed by atoms with van der Waals surface area (Å²) in [4.78, 5) is 21.3. The molecule has 3 rings (SSSR count). The number of fused-ring (bicyclic) bond motifs is 1. The molecule has 0 fully saturated rings. The number of hydrogen-bond donors (Lipinski definition) is 1. The highest BCUT2D eigenvalue weighted by atomic mass is 16.4. The number of aromatic carboxylic acids is 1. The Bertz CT molecular complexity index is 668. The second-order valence-corrected chi connectivity index (χ2v) is 4.65. The number of benzene rings is 1. The van der Waals surface area contributed by atoms with Gasteiger partial charge in [-0.1, -0.05) is 30.3 Å². The van der Waals surface area contributed by atoms with Crippen molar-refractivity contribution in [3.63, 3.8) is 0 Å². The molecule has 0 amide bonds. The standard InChI is InChI=1S/C15H13N3O2/c19-15(20)12-6-13-9-18(10-17-14(13)16-7-12)8-11-4-2-1-3-5-11/h1-7,10H,8-9H2,(H,19,20). The highest BCUT2D eigenvalue weighted by Gasteiger charge is 2.15. The van der Waals surface area contributed by atoms with Gasteiger partial charge in [-0.25, -0.2) is 14.8 Å². The summed E-state index contributed by atoms with van der Waals surface area (Å²) in [6.45, 7) is 1.35. The first-order valence-electron chi connectivity index (χ1n) is 6.27. The maximum atomic E-state index is 11.0. The molecule has 2 heterocycles. The van der Waals surface area contributed by atoms with Crippen LogP contribution in [-0.4, -0.2) is 27.3 Å². The van der Waals surface area contributed by atoms with E-state index in [2.05, 4.69) is 22.1 Å². The topological polar surface area (TPSA) is 65.8 Å². The lowest BCUT2D eigenvalue weighted by Gasteiger charge is -2.24. The van der Waals surface area contributed by atoms with Gasteiger partial charge in [0.05, 0.1) is 11.9 Å². The van der Waals surface area contributed by atoms with Gasteiger partial charge in [-0.05, 0) is 11.6 Å². The summed E-state index contributed by atoms with van der Waals surface area (Å²) in [5.41, 5.74) is 2.22. The molecule has 0 unspecified atom stereocenters. The first kappa shape index (κ1) is 12.3. The van der Waals surface area contributed by atoms with Crippen LogP contribution in [0.2, 0.25) is 0 Å². The number of nitrogens with zero attached hydrogens (tertiary/aromatic N) is 3. The number of aliphatic imine (C=N–C) groups is 1. The summed E-state index contributed by atoms with van der Waals surface area (Å²) < 4.78 is 0. The Balaban J connectivity index is 1.81. The minimum atomic E-state index is -0.968. The van der Waals surface area contributed by atoms with Gasteiger partial charge in [0.2, 0.25) is 0 Å². The number of pyridine rings is 1. The maximum absolute atomic E-state index is 11.0. The number of rotatable bonds is 3. The normalized spacial score (nSPS) is 13.1. The summed E-state index contributed by atoms with van der Waals surface area (Å²) in [6.07, 6.45) is 3.09. The Labute approximate surface area is 116 Å². The molecule has 1 aromatic heterocycles. The van der Waals surface area contributed by atoms with Crippen molar-refractivity contribution in [2.45, 2.75) is 13.1 Å². The summed E-state index contributed by atoms with van der Waals surface area (Å²) in [5, 5.41) is 9.00. The molecular formula is C15H13N3O2. The van der Waals surface area contributed by atoms with Crippen LogP contribution >= 0.6 is 0 Å². The van der Waals surface area contributed by atoms with Gasteiger partial charge in [0.1, 0.15) is 0 Å². The van der Waals surface area contributed by atoms with E-state index in [0.717, 1.165) is 12.1 Å². The molecule has 5 heteroatoms. The van der Waals surface area contributed by atoms with Crippen LogP contribution in [0.1, 0.15) is 21.5 Å². The van der Waals surface area contributed by atoms with Crippen LogP contribution in [0.15, 0.2) is 47.6 Å². The molecule has 2 aromatic rings. The van der Waals surface area contributed by atoms with E-state index in [-0.39, 0.29) is 5.56 Å². The summed E-state index contributed by atoms with van der Waals surface area (Å²) >= 11 is 0. The van der Waals surface area contributed by atoms with Crippen LogP contribution in [0.4, 0.5) is 5.82 Å². The molecule has 5 nitrogen and oxygen atoms in total. The molecule has 0 atom stereocenters. The minimum absolute atomic E-state index is 0.195. The fourth-order valence-electron chi connectivity index (χ4n) is 2.16. The molecular weight excluding hydrogens is 254 g/mol. The van der Waals surface area contributed by atoms with Gasteiger partial charge in [0.25, 0.3) is 0 Å². The maximum Gasteiger partial charge on any atom is 0.337 e. The van der Waals surface area contributed by atoms with Gasteiger partial charge >= 0.3 is 5.97 Å². The molecule has 1 aromatic carbocycles. The molecule has 0 saturated carbocycles. The summed E-state index contributed by atoms with van der Waals surface area (Å²) in [7, 11) is 0. The lowest BCUT2D eigenvalue weighted by molar-refractivity contribution is 0.0696. The molecule has 100 valence electrons. The van der Waals surface area contributed by atoms with E-state index in [4.69, 9.17) is 5.11 Å². The second kappa shape index (κ2) is 5.13. The Kier molecular flexibility index (Phi) is 3.16. The van der Waals surface area contributed by atoms with Crippen molar-refractivity contribution in [1.82, 2.24) is 9.88 Å². The second-order valence-electron chi connectivity index (χ2n) is 4.65. The van der Waals surface area contributed by atoms with Gasteiger partial charge in [0, 0.05) is 24.8 Å². The largest absolute Gasteiger partial charge is 0.478 e. The molecule has 1 N–H and O–H groups in total. The fourth-order valence-corrected chi connectivity index (χ4v) is 2.16. The minimum Gasteiger partial charge on any atom is -0.478 e. The van der Waals surface area contributed by atoms with Crippen LogP contribution in [0, 0.1) is 0 Å². The summed E-state index contributed by atoms with van der Waals surface area (Å²) in [5.74, 6) is -0.372. The average molecular weight is 267 g/mol. The number of carboxylic acids is 1. The number of hydrogen-bond acceptors (Lipinski definition) is 4. The molecule has 0 spiro atoms. The number of aromatic nitrogens is 1. The van der Waals surface area contributed by atoms with Gasteiger partial charge < -0.3 is 10.0 Å². The van der Waals surface area contributed by atoms with E-state index in [0.29, 0.717) is 12.4 Å². The zero-order valence-electron chi connectivity index (χ0n) is 10.7. The van der Waals surface area contributed by atoms with Crippen LogP contribution in [0.25, 0.3) is 0 Å². The van der Waals surface area contributed by atoms with Gasteiger partial charge in [-0.15, -0.1) is 0 Å². The Hall–Kier alpha value is -2.69. The van der Waals surface area contributed by atoms with Crippen molar-refractivity contribution in [2.24, 2.45) is 4.99 Å². The van der Waals surface area contributed by atoms with Crippen LogP contribution < -0.4 is 0 Å². The summed E-state index contributed by atoms with van der Waals surface area (Å²) in [6, 6.07) is 11.7. The zero-order chi connectivity index (χ0) is 13.9. The van der Waals surface area contributed by atoms with E-state index in [1.54, 1.807) is 12.4 Å². The van der Waals surface area contributed by atoms with E-state index >= 15 is 0 Å². The monoisotopic (exact) mass is 267 g/mol. The first-order valence-corrected chi connectivity index (χ1v) is 6.27. The average Bonchev–Trinajstić information content (AvgIpc) is 2.47. The Morgan fingerprint density at radius 2 is 2.10 bits per heavy atom. The third-order valence-electron chi connectivity index (χ3n) is 3.14. The predicted molar refractivity (Wildman–Crippen MR) is 75.0 cm³/mol. The van der Waals surface area contributed by atoms with Crippen LogP contribution in [0.5, 0.6) is 0 Å². The Morgan fingerprint density at radius 3 is 2.85 bits per heavy atom. The van der Waals surface area contributed by atoms with Gasteiger partial charge in [-0.2, -0.15) is 0 Å². The van der Waals surface area contributed by atoms with Crippen molar-refractivity contribution in [1.29, 1.82) is 0 Å². The molecule has 20 heavy (non-hydrogen) atoms. The van der Waals surface area contributed by atoms with E-state index in [9.17, 15) is 4.79 Å². The fraction of sp³-hybridized carbons (Fsp3) is 0.133. The van der Waals surface area contributed by atoms with E-state index in [1.165, 1.54) is 11.8 Å². The third kappa shape index (κ3) is 2.51. The first-order chi connectivity index (χ1) is 9.72. The molecule has 1 aliphatic rings. The van der Waals surface area contributed by atoms with Crippen LogP contribution in [-0.2, 0) is 13.1 Å². The molecule has 0 radical (unpaired) electrons. The van der Waals surface area contributed by atoms with E-state index in [1.807, 2.05) is 23.1 Å². The smallest absolute Gasteiger partial charge is 0.337 e. The molecule has 0 aliphatic carbocycles. The van der Waals surface area contributed by atoms with Crippen molar-refractivity contribution >= 4 is 18.1 Å².